The molecule has 0 fully saturated rings. The maximum atomic E-state index is 10.4. The van der Waals surface area contributed by atoms with Gasteiger partial charge in [0.15, 0.2) is 0 Å². The first-order valence-electron chi connectivity index (χ1n) is 3.56. The number of benzene rings is 1. The van der Waals surface area contributed by atoms with Gasteiger partial charge in [-0.1, -0.05) is 19.1 Å². The zero-order chi connectivity index (χ0) is 8.27. The van der Waals surface area contributed by atoms with Gasteiger partial charge >= 0.3 is 25.8 Å². The fourth-order valence-electron chi connectivity index (χ4n) is 0.883. The molecule has 2 nitrogen and oxygen atoms in total. The first-order chi connectivity index (χ1) is 5.24. The molecule has 0 spiro atoms. The molecule has 0 aliphatic carbocycles. The summed E-state index contributed by atoms with van der Waals surface area (Å²) in [6, 6.07) is 6.93. The number of carboxylic acid groups (broad SMARTS) is 1. The van der Waals surface area contributed by atoms with Gasteiger partial charge in [0, 0.05) is 0 Å². The average Bonchev–Trinajstić information content (AvgIpc) is 2.05. The minimum absolute atomic E-state index is 0. The van der Waals surface area contributed by atoms with Gasteiger partial charge in [-0.15, -0.1) is 0 Å². The van der Waals surface area contributed by atoms with Crippen molar-refractivity contribution in [2.24, 2.45) is 0 Å². The van der Waals surface area contributed by atoms with Crippen molar-refractivity contribution in [3.63, 3.8) is 0 Å². The summed E-state index contributed by atoms with van der Waals surface area (Å²) in [5.41, 5.74) is 1.51. The predicted molar refractivity (Wildman–Crippen MR) is 52.7 cm³/mol. The van der Waals surface area contributed by atoms with Gasteiger partial charge in [-0.2, -0.15) is 0 Å². The van der Waals surface area contributed by atoms with Gasteiger partial charge in [-0.25, -0.2) is 4.79 Å². The van der Waals surface area contributed by atoms with Crippen LogP contribution in [0.5, 0.6) is 0 Å². The monoisotopic (exact) mass is 222 g/mol. The molecule has 0 aromatic heterocycles. The predicted octanol–water partition coefficient (Wildman–Crippen LogP) is 0.763. The Morgan fingerprint density at radius 3 is 2.17 bits per heavy atom. The molecule has 0 bridgehead atoms. The normalized spacial score (nSPS) is 8.75. The first-order valence-corrected chi connectivity index (χ1v) is 3.56. The quantitative estimate of drug-likeness (QED) is 0.751. The molecule has 0 radical (unpaired) electrons. The van der Waals surface area contributed by atoms with Crippen molar-refractivity contribution < 1.29 is 9.90 Å². The van der Waals surface area contributed by atoms with Gasteiger partial charge in [-0.05, 0) is 24.1 Å². The van der Waals surface area contributed by atoms with Crippen molar-refractivity contribution in [2.75, 3.05) is 0 Å². The summed E-state index contributed by atoms with van der Waals surface area (Å²) in [5.74, 6) is -0.868. The molecule has 0 heterocycles. The standard InChI is InChI=1S/C9H10O2.Ga.3H/c1-2-7-3-5-8(6-4-7)9(10)11;;;;/h3-6H,2H2,1H3,(H,10,11);;;;. The van der Waals surface area contributed by atoms with E-state index in [0.717, 1.165) is 12.0 Å². The van der Waals surface area contributed by atoms with E-state index in [9.17, 15) is 4.79 Å². The molecule has 1 rings (SSSR count). The van der Waals surface area contributed by atoms with E-state index in [-0.39, 0.29) is 19.8 Å². The van der Waals surface area contributed by atoms with E-state index in [2.05, 4.69) is 0 Å². The van der Waals surface area contributed by atoms with E-state index in [1.165, 1.54) is 0 Å². The molecule has 0 atom stereocenters. The molecule has 0 unspecified atom stereocenters. The molecule has 64 valence electrons. The van der Waals surface area contributed by atoms with E-state index in [4.69, 9.17) is 5.11 Å². The van der Waals surface area contributed by atoms with E-state index in [0.29, 0.717) is 5.56 Å². The molecule has 1 aromatic rings. The van der Waals surface area contributed by atoms with Crippen molar-refractivity contribution >= 4 is 25.8 Å². The van der Waals surface area contributed by atoms with Gasteiger partial charge < -0.3 is 5.11 Å². The van der Waals surface area contributed by atoms with Crippen molar-refractivity contribution in [1.82, 2.24) is 0 Å². The molecular formula is C9H13GaO2. The third-order valence-corrected chi connectivity index (χ3v) is 1.61. The maximum absolute atomic E-state index is 10.4. The first kappa shape index (κ1) is 11.3. The number of aromatic carboxylic acids is 1. The number of carboxylic acids is 1. The zero-order valence-corrected chi connectivity index (χ0v) is 6.37. The molecule has 1 aromatic carbocycles. The molecule has 0 saturated carbocycles. The van der Waals surface area contributed by atoms with Crippen LogP contribution < -0.4 is 0 Å². The summed E-state index contributed by atoms with van der Waals surface area (Å²) >= 11 is 0. The van der Waals surface area contributed by atoms with Crippen LogP contribution in [0.15, 0.2) is 24.3 Å². The van der Waals surface area contributed by atoms with Crippen LogP contribution in [0.25, 0.3) is 0 Å². The van der Waals surface area contributed by atoms with Crippen LogP contribution in [0.3, 0.4) is 0 Å². The van der Waals surface area contributed by atoms with Crippen LogP contribution in [-0.4, -0.2) is 30.9 Å². The molecule has 0 saturated heterocycles. The molecular weight excluding hydrogens is 210 g/mol. The summed E-state index contributed by atoms with van der Waals surface area (Å²) in [6.45, 7) is 2.04. The Bertz CT molecular complexity index is 254. The van der Waals surface area contributed by atoms with E-state index < -0.39 is 5.97 Å². The molecule has 0 aliphatic rings. The Morgan fingerprint density at radius 2 is 1.83 bits per heavy atom. The summed E-state index contributed by atoms with van der Waals surface area (Å²) in [5, 5.41) is 8.55. The molecule has 12 heavy (non-hydrogen) atoms. The zero-order valence-electron chi connectivity index (χ0n) is 6.37. The van der Waals surface area contributed by atoms with Crippen molar-refractivity contribution in [1.29, 1.82) is 0 Å². The van der Waals surface area contributed by atoms with Crippen molar-refractivity contribution in [3.05, 3.63) is 35.4 Å². The van der Waals surface area contributed by atoms with Gasteiger partial charge in [0.1, 0.15) is 0 Å². The van der Waals surface area contributed by atoms with Crippen LogP contribution in [-0.2, 0) is 6.42 Å². The molecule has 1 N–H and O–H groups in total. The summed E-state index contributed by atoms with van der Waals surface area (Å²) in [6.07, 6.45) is 0.944. The average molecular weight is 223 g/mol. The fourth-order valence-corrected chi connectivity index (χ4v) is 0.883. The van der Waals surface area contributed by atoms with Crippen LogP contribution in [0.4, 0.5) is 0 Å². The van der Waals surface area contributed by atoms with E-state index >= 15 is 0 Å². The topological polar surface area (TPSA) is 37.3 Å². The second-order valence-corrected chi connectivity index (χ2v) is 2.36. The van der Waals surface area contributed by atoms with E-state index in [1.54, 1.807) is 12.1 Å². The number of rotatable bonds is 2. The minimum atomic E-state index is -0.868. The number of hydrogen-bond donors (Lipinski definition) is 1. The van der Waals surface area contributed by atoms with Crippen LogP contribution in [0.2, 0.25) is 0 Å². The molecule has 0 amide bonds. The second-order valence-electron chi connectivity index (χ2n) is 2.36. The van der Waals surface area contributed by atoms with Crippen LogP contribution in [0.1, 0.15) is 22.8 Å². The molecule has 3 heteroatoms. The second kappa shape index (κ2) is 5.06. The summed E-state index contributed by atoms with van der Waals surface area (Å²) in [7, 11) is 0. The molecule has 0 aliphatic heterocycles. The Balaban J connectivity index is 0.00000121. The van der Waals surface area contributed by atoms with Crippen molar-refractivity contribution in [2.45, 2.75) is 13.3 Å². The van der Waals surface area contributed by atoms with Gasteiger partial charge in [-0.3, -0.25) is 0 Å². The summed E-state index contributed by atoms with van der Waals surface area (Å²) < 4.78 is 0. The Kier molecular flexibility index (Phi) is 4.77. The number of aryl methyl sites for hydroxylation is 1. The Hall–Kier alpha value is -0.674. The third kappa shape index (κ3) is 2.75. The SMILES string of the molecule is CCc1ccc(C(=O)O)cc1.[GaH3]. The van der Waals surface area contributed by atoms with Gasteiger partial charge in [0.25, 0.3) is 0 Å². The van der Waals surface area contributed by atoms with Crippen molar-refractivity contribution in [3.8, 4) is 0 Å². The number of hydrogen-bond acceptors (Lipinski definition) is 1. The van der Waals surface area contributed by atoms with Gasteiger partial charge in [0.05, 0.1) is 5.56 Å². The number of carbonyl (C=O) groups is 1. The fraction of sp³-hybridized carbons (Fsp3) is 0.222. The third-order valence-electron chi connectivity index (χ3n) is 1.61. The van der Waals surface area contributed by atoms with Crippen LogP contribution >= 0.6 is 0 Å². The summed E-state index contributed by atoms with van der Waals surface area (Å²) in [4.78, 5) is 10.4. The van der Waals surface area contributed by atoms with Crippen LogP contribution in [0, 0.1) is 0 Å². The Morgan fingerprint density at radius 1 is 1.33 bits per heavy atom. The van der Waals surface area contributed by atoms with E-state index in [1.807, 2.05) is 19.1 Å². The van der Waals surface area contributed by atoms with Gasteiger partial charge in [0.2, 0.25) is 0 Å². The Labute approximate surface area is 84.7 Å².